The molecule has 95 heavy (non-hydrogen) atoms. The maximum Gasteiger partial charge on any atom is 0.108 e. The Kier molecular flexibility index (Phi) is 40.4. The molecule has 4 aromatic carbocycles. The summed E-state index contributed by atoms with van der Waals surface area (Å²) in [5.41, 5.74) is 17.4. The minimum atomic E-state index is -0.866. The van der Waals surface area contributed by atoms with Gasteiger partial charge >= 0.3 is 0 Å². The number of benzene rings is 4. The molecule has 4 aromatic rings. The molecule has 546 valence electrons. The maximum absolute atomic E-state index is 13.2. The van der Waals surface area contributed by atoms with Crippen molar-refractivity contribution in [1.82, 2.24) is 0 Å². The number of aryl methyl sites for hydroxylation is 8. The number of rotatable bonds is 4. The lowest BCUT2D eigenvalue weighted by atomic mass is 9.63. The van der Waals surface area contributed by atoms with E-state index in [9.17, 15) is 8.78 Å². The zero-order valence-electron chi connectivity index (χ0n) is 68.9. The number of hydrogen-bond donors (Lipinski definition) is 0. The summed E-state index contributed by atoms with van der Waals surface area (Å²) in [6.07, 6.45) is 36.6. The maximum atomic E-state index is 13.2. The number of hydrogen-bond acceptors (Lipinski definition) is 0. The molecule has 0 saturated heterocycles. The summed E-state index contributed by atoms with van der Waals surface area (Å²) in [5.74, 6) is 3.06. The highest BCUT2D eigenvalue weighted by Gasteiger charge is 2.36. The molecule has 0 radical (unpaired) electrons. The van der Waals surface area contributed by atoms with Crippen molar-refractivity contribution < 1.29 is 8.78 Å². The molecule has 10 rings (SSSR count). The highest BCUT2D eigenvalue weighted by molar-refractivity contribution is 5.36. The Balaban J connectivity index is 0.000000531. The van der Waals surface area contributed by atoms with Crippen LogP contribution in [0.1, 0.15) is 391 Å². The molecule has 0 bridgehead atoms. The first-order valence-electron chi connectivity index (χ1n) is 39.4. The first kappa shape index (κ1) is 89.8. The number of alkyl halides is 2. The van der Waals surface area contributed by atoms with Crippen LogP contribution in [0.2, 0.25) is 0 Å². The van der Waals surface area contributed by atoms with Crippen LogP contribution in [-0.4, -0.2) is 11.3 Å². The lowest BCUT2D eigenvalue weighted by Crippen LogP contribution is -2.30. The van der Waals surface area contributed by atoms with E-state index in [2.05, 4.69) is 248 Å². The van der Waals surface area contributed by atoms with Crippen LogP contribution in [0, 0.1) is 107 Å². The molecule has 0 nitrogen and oxygen atoms in total. The average Bonchev–Trinajstić information content (AvgIpc) is 1.67. The Morgan fingerprint density at radius 1 is 0.368 bits per heavy atom. The second-order valence-corrected chi connectivity index (χ2v) is 37.0. The Morgan fingerprint density at radius 3 is 1.05 bits per heavy atom. The van der Waals surface area contributed by atoms with Crippen molar-refractivity contribution in [3.05, 3.63) is 140 Å². The topological polar surface area (TPSA) is 0 Å². The molecule has 0 atom stereocenters. The van der Waals surface area contributed by atoms with Crippen molar-refractivity contribution in [2.45, 2.75) is 404 Å². The van der Waals surface area contributed by atoms with Gasteiger partial charge in [0.1, 0.15) is 11.3 Å². The minimum Gasteiger partial charge on any atom is -0.244 e. The summed E-state index contributed by atoms with van der Waals surface area (Å²) in [5, 5.41) is 0. The smallest absolute Gasteiger partial charge is 0.108 e. The van der Waals surface area contributed by atoms with Gasteiger partial charge in [0.15, 0.2) is 0 Å². The molecule has 1 spiro atoms. The van der Waals surface area contributed by atoms with Crippen molar-refractivity contribution >= 4 is 0 Å². The highest BCUT2D eigenvalue weighted by atomic mass is 19.1. The summed E-state index contributed by atoms with van der Waals surface area (Å²) in [4.78, 5) is 0. The van der Waals surface area contributed by atoms with Crippen LogP contribution in [0.3, 0.4) is 0 Å². The fourth-order valence-electron chi connectivity index (χ4n) is 13.7. The molecule has 6 saturated carbocycles. The zero-order valence-corrected chi connectivity index (χ0v) is 68.9. The summed E-state index contributed by atoms with van der Waals surface area (Å²) in [6, 6.07) is 28.0. The SMILES string of the molecule is CC1(C)CCC(C)(C)CC1.CC1(C)CCC(C)(F)CC1.CC1(C)CCCCC1.CC1CCC(C)(F)CC1.CC1CCC2(CCCCC2)CC1.CCC(C)(C)CC.Cc1cc(C)c(C)c(C)c1.Cc1ccc(C(C)C)cc1C(C)C.Cc1ccc(C)c(C)c1.Cc1ccccc1. The van der Waals surface area contributed by atoms with E-state index in [-0.39, 0.29) is 0 Å². The molecule has 6 aliphatic rings. The first-order valence-corrected chi connectivity index (χ1v) is 39.4. The second-order valence-electron chi connectivity index (χ2n) is 37.0. The largest absolute Gasteiger partial charge is 0.244 e. The van der Waals surface area contributed by atoms with E-state index in [1.807, 2.05) is 18.2 Å². The van der Waals surface area contributed by atoms with Gasteiger partial charge in [-0.05, 0) is 292 Å². The third-order valence-electron chi connectivity index (χ3n) is 23.6. The summed E-state index contributed by atoms with van der Waals surface area (Å²) in [6.45, 7) is 64.2. The molecule has 0 aliphatic heterocycles. The Labute approximate surface area is 593 Å². The lowest BCUT2D eigenvalue weighted by Gasteiger charge is -2.42. The highest BCUT2D eigenvalue weighted by Crippen LogP contribution is 2.49. The molecule has 0 amide bonds. The Bertz CT molecular complexity index is 2510. The molecule has 6 fully saturated rings. The first-order chi connectivity index (χ1) is 43.8. The predicted octanol–water partition coefficient (Wildman–Crippen LogP) is 31.6. The van der Waals surface area contributed by atoms with Gasteiger partial charge in [-0.3, -0.25) is 0 Å². The molecule has 0 N–H and O–H groups in total. The van der Waals surface area contributed by atoms with Crippen LogP contribution in [0.5, 0.6) is 0 Å². The number of halogens is 2. The van der Waals surface area contributed by atoms with E-state index in [0.717, 1.165) is 68.6 Å². The molecule has 0 heterocycles. The summed E-state index contributed by atoms with van der Waals surface area (Å²) in [7, 11) is 0. The predicted molar refractivity (Wildman–Crippen MR) is 426 cm³/mol. The van der Waals surface area contributed by atoms with Gasteiger partial charge in [0.05, 0.1) is 0 Å². The summed E-state index contributed by atoms with van der Waals surface area (Å²) < 4.78 is 26.3. The van der Waals surface area contributed by atoms with E-state index >= 15 is 0 Å². The average molecular weight is 1320 g/mol. The van der Waals surface area contributed by atoms with Crippen LogP contribution in [0.4, 0.5) is 8.78 Å². The monoisotopic (exact) mass is 1320 g/mol. The van der Waals surface area contributed by atoms with Crippen LogP contribution < -0.4 is 0 Å². The van der Waals surface area contributed by atoms with Crippen LogP contribution in [0.25, 0.3) is 0 Å². The van der Waals surface area contributed by atoms with Gasteiger partial charge in [-0.2, -0.15) is 0 Å². The third kappa shape index (κ3) is 40.6. The van der Waals surface area contributed by atoms with E-state index in [0.29, 0.717) is 38.9 Å². The molecule has 6 aliphatic carbocycles. The molecule has 0 unspecified atom stereocenters. The summed E-state index contributed by atoms with van der Waals surface area (Å²) >= 11 is 0. The molecule has 0 aromatic heterocycles. The van der Waals surface area contributed by atoms with Crippen LogP contribution in [-0.2, 0) is 0 Å². The van der Waals surface area contributed by atoms with Crippen molar-refractivity contribution in [3.8, 4) is 0 Å². The van der Waals surface area contributed by atoms with E-state index < -0.39 is 11.3 Å². The van der Waals surface area contributed by atoms with E-state index in [4.69, 9.17) is 0 Å². The van der Waals surface area contributed by atoms with Gasteiger partial charge in [-0.15, -0.1) is 0 Å². The van der Waals surface area contributed by atoms with Crippen LogP contribution >= 0.6 is 0 Å². The minimum absolute atomic E-state index is 0.394. The lowest BCUT2D eigenvalue weighted by molar-refractivity contribution is 0.0708. The fourth-order valence-corrected chi connectivity index (χ4v) is 13.7. The van der Waals surface area contributed by atoms with Crippen molar-refractivity contribution in [2.24, 2.45) is 44.3 Å². The van der Waals surface area contributed by atoms with Gasteiger partial charge in [0.2, 0.25) is 0 Å². The van der Waals surface area contributed by atoms with Crippen LogP contribution in [0.15, 0.2) is 78.9 Å². The van der Waals surface area contributed by atoms with Crippen molar-refractivity contribution in [1.29, 1.82) is 0 Å². The fraction of sp³-hybridized carbons (Fsp3) is 0.742. The van der Waals surface area contributed by atoms with Crippen molar-refractivity contribution in [3.63, 3.8) is 0 Å². The van der Waals surface area contributed by atoms with Gasteiger partial charge < -0.3 is 0 Å². The van der Waals surface area contributed by atoms with Crippen molar-refractivity contribution in [2.75, 3.05) is 0 Å². The van der Waals surface area contributed by atoms with Gasteiger partial charge in [0, 0.05) is 0 Å². The van der Waals surface area contributed by atoms with E-state index in [1.165, 1.54) is 164 Å². The Morgan fingerprint density at radius 2 is 0.737 bits per heavy atom. The Hall–Kier alpha value is -3.26. The molecular weight excluding hydrogens is 1160 g/mol. The quantitative estimate of drug-likeness (QED) is 0.191. The van der Waals surface area contributed by atoms with Gasteiger partial charge in [-0.1, -0.05) is 284 Å². The van der Waals surface area contributed by atoms with E-state index in [1.54, 1.807) is 39.5 Å². The molecular formula is C93H160F2. The standard InChI is InChI=1S/C13H20.C12H22.C10H20.C10H14.C9H17F.C9H12.C8H15F.C8H16.C7H8.C7H16/c1-9(2)12-7-6-11(5)13(8-12)10(3)4;1-11-5-9-12(10-6-11)7-3-2-4-8-12;1-9(2)5-7-10(3,4)8-6-9;1-7-5-8(2)10(4)9(3)6-7;1-8(2)4-6-9(3,10)7-5-8;1-7-4-5-8(2)9(3)6-7;1-7-3-5-8(2,9)6-4-7;1-8(2)6-4-3-5-7-8;1-7-5-3-2-4-6-7;1-5-7(3,4)6-2/h6-10H,1-5H3;11H,2-10H2,1H3;5-8H2,1-4H3;5-6H,1-4H3;4-7H2,1-3H3;4-6H,1-3H3;7H,3-6H2,1-2H3;3-7H2,1-2H3;2-6H,1H3;5-6H2,1-4H3. The normalized spacial score (nSPS) is 21.8. The molecule has 2 heteroatoms. The zero-order chi connectivity index (χ0) is 72.7. The van der Waals surface area contributed by atoms with Gasteiger partial charge in [0.25, 0.3) is 0 Å². The van der Waals surface area contributed by atoms with Gasteiger partial charge in [-0.25, -0.2) is 8.78 Å². The second kappa shape index (κ2) is 42.8. The third-order valence-corrected chi connectivity index (χ3v) is 23.6.